The van der Waals surface area contributed by atoms with Gasteiger partial charge in [-0.3, -0.25) is 4.79 Å². The van der Waals surface area contributed by atoms with Gasteiger partial charge in [0.25, 0.3) is 0 Å². The molecule has 4 nitrogen and oxygen atoms in total. The minimum atomic E-state index is -1.17. The van der Waals surface area contributed by atoms with Crippen molar-refractivity contribution in [3.8, 4) is 0 Å². The molecule has 0 aliphatic carbocycles. The van der Waals surface area contributed by atoms with Crippen LogP contribution < -0.4 is 4.42 Å². The van der Waals surface area contributed by atoms with E-state index in [-0.39, 0.29) is 11.3 Å². The van der Waals surface area contributed by atoms with Crippen molar-refractivity contribution < 1.29 is 14.7 Å². The lowest BCUT2D eigenvalue weighted by Gasteiger charge is -2.14. The van der Waals surface area contributed by atoms with Crippen LogP contribution in [-0.2, 0) is 4.79 Å². The molecule has 0 fully saturated rings. The normalized spacial score (nSPS) is 9.80. The smallest absolute Gasteiger partial charge is 0.337 e. The second-order valence-electron chi connectivity index (χ2n) is 2.77. The van der Waals surface area contributed by atoms with Crippen LogP contribution in [-0.4, -0.2) is 17.0 Å². The van der Waals surface area contributed by atoms with E-state index in [9.17, 15) is 9.59 Å². The van der Waals surface area contributed by atoms with Gasteiger partial charge in [0.1, 0.15) is 0 Å². The number of carboxylic acids is 1. The van der Waals surface area contributed by atoms with Gasteiger partial charge in [-0.25, -0.2) is 9.21 Å². The quantitative estimate of drug-likeness (QED) is 0.818. The van der Waals surface area contributed by atoms with Crippen molar-refractivity contribution in [3.63, 3.8) is 0 Å². The van der Waals surface area contributed by atoms with Crippen LogP contribution in [0.25, 0.3) is 0 Å². The van der Waals surface area contributed by atoms with Crippen molar-refractivity contribution in [3.05, 3.63) is 28.8 Å². The highest BCUT2D eigenvalue weighted by molar-refractivity contribution is 6.38. The molecule has 0 aliphatic rings. The molecule has 1 amide bonds. The number of carbonyl (C=O) groups excluding carboxylic acids is 1. The Kier molecular flexibility index (Phi) is 3.55. The molecule has 0 spiro atoms. The van der Waals surface area contributed by atoms with Gasteiger partial charge in [0.15, 0.2) is 0 Å². The van der Waals surface area contributed by atoms with E-state index in [1.165, 1.54) is 25.1 Å². The maximum absolute atomic E-state index is 11.0. The molecule has 15 heavy (non-hydrogen) atoms. The van der Waals surface area contributed by atoms with Crippen LogP contribution in [0.2, 0.25) is 5.02 Å². The van der Waals surface area contributed by atoms with Crippen molar-refractivity contribution >= 4 is 40.9 Å². The molecule has 0 aliphatic heterocycles. The summed E-state index contributed by atoms with van der Waals surface area (Å²) >= 11 is 11.3. The Bertz CT molecular complexity index is 420. The van der Waals surface area contributed by atoms with Gasteiger partial charge in [-0.15, -0.1) is 0 Å². The Balaban J connectivity index is 3.30. The second-order valence-corrected chi connectivity index (χ2v) is 3.54. The Morgan fingerprint density at radius 2 is 2.00 bits per heavy atom. The molecular weight excluding hydrogens is 241 g/mol. The van der Waals surface area contributed by atoms with E-state index >= 15 is 0 Å². The van der Waals surface area contributed by atoms with Gasteiger partial charge in [-0.05, 0) is 18.2 Å². The van der Waals surface area contributed by atoms with Crippen LogP contribution in [0, 0.1) is 0 Å². The van der Waals surface area contributed by atoms with Gasteiger partial charge in [0.2, 0.25) is 5.91 Å². The summed E-state index contributed by atoms with van der Waals surface area (Å²) in [6.45, 7) is 1.22. The van der Waals surface area contributed by atoms with Crippen LogP contribution in [0.15, 0.2) is 18.2 Å². The molecular formula is C9H7Cl2NO3. The SMILES string of the molecule is CC(=O)N(Cl)c1cc(Cl)ccc1C(=O)O. The predicted octanol–water partition coefficient (Wildman–Crippen LogP) is 2.54. The molecule has 6 heteroatoms. The first-order chi connectivity index (χ1) is 6.93. The highest BCUT2D eigenvalue weighted by atomic mass is 35.5. The lowest BCUT2D eigenvalue weighted by atomic mass is 10.2. The number of aromatic carboxylic acids is 1. The number of halogens is 2. The number of anilines is 1. The molecule has 1 N–H and O–H groups in total. The third-order valence-electron chi connectivity index (χ3n) is 1.68. The molecule has 0 bridgehead atoms. The highest BCUT2D eigenvalue weighted by Gasteiger charge is 2.17. The molecule has 0 aromatic heterocycles. The first kappa shape index (κ1) is 11.8. The Morgan fingerprint density at radius 3 is 2.47 bits per heavy atom. The lowest BCUT2D eigenvalue weighted by Crippen LogP contribution is -2.19. The molecule has 0 heterocycles. The van der Waals surface area contributed by atoms with Crippen LogP contribution in [0.5, 0.6) is 0 Å². The number of hydrogen-bond donors (Lipinski definition) is 1. The largest absolute Gasteiger partial charge is 0.478 e. The van der Waals surface area contributed by atoms with Crippen LogP contribution >= 0.6 is 23.4 Å². The molecule has 1 aromatic carbocycles. The minimum Gasteiger partial charge on any atom is -0.478 e. The number of carboxylic acid groups (broad SMARTS) is 1. The molecule has 0 saturated carbocycles. The number of hydrogen-bond acceptors (Lipinski definition) is 2. The summed E-state index contributed by atoms with van der Waals surface area (Å²) in [4.78, 5) is 21.8. The van der Waals surface area contributed by atoms with Gasteiger partial charge < -0.3 is 5.11 Å². The summed E-state index contributed by atoms with van der Waals surface area (Å²) in [5.41, 5.74) is -0.0197. The van der Waals surface area contributed by atoms with Gasteiger partial charge >= 0.3 is 5.97 Å². The second kappa shape index (κ2) is 4.51. The van der Waals surface area contributed by atoms with Crippen LogP contribution in [0.1, 0.15) is 17.3 Å². The van der Waals surface area contributed by atoms with E-state index in [0.29, 0.717) is 5.02 Å². The van der Waals surface area contributed by atoms with Crippen LogP contribution in [0.4, 0.5) is 5.69 Å². The van der Waals surface area contributed by atoms with E-state index in [1.807, 2.05) is 0 Å². The standard InChI is InChI=1S/C9H7Cl2NO3/c1-5(13)12(11)8-4-6(10)2-3-7(8)9(14)15/h2-4H,1H3,(H,14,15). The molecule has 0 saturated heterocycles. The molecule has 80 valence electrons. The summed E-state index contributed by atoms with van der Waals surface area (Å²) in [5.74, 6) is -1.66. The van der Waals surface area contributed by atoms with Gasteiger partial charge in [-0.1, -0.05) is 11.6 Å². The van der Waals surface area contributed by atoms with E-state index in [4.69, 9.17) is 28.5 Å². The summed E-state index contributed by atoms with van der Waals surface area (Å²) in [6, 6.07) is 4.02. The van der Waals surface area contributed by atoms with Gasteiger partial charge in [0.05, 0.1) is 11.3 Å². The Labute approximate surface area is 96.1 Å². The zero-order valence-corrected chi connectivity index (χ0v) is 9.21. The van der Waals surface area contributed by atoms with E-state index < -0.39 is 11.9 Å². The summed E-state index contributed by atoms with van der Waals surface area (Å²) < 4.78 is 0.718. The lowest BCUT2D eigenvalue weighted by molar-refractivity contribution is -0.115. The summed E-state index contributed by atoms with van der Waals surface area (Å²) in [6.07, 6.45) is 0. The van der Waals surface area contributed by atoms with Crippen LogP contribution in [0.3, 0.4) is 0 Å². The van der Waals surface area contributed by atoms with Crippen molar-refractivity contribution in [1.82, 2.24) is 0 Å². The maximum atomic E-state index is 11.0. The van der Waals surface area contributed by atoms with E-state index in [1.54, 1.807) is 0 Å². The summed E-state index contributed by atoms with van der Waals surface area (Å²) in [7, 11) is 0. The third-order valence-corrected chi connectivity index (χ3v) is 2.33. The monoisotopic (exact) mass is 247 g/mol. The highest BCUT2D eigenvalue weighted by Crippen LogP contribution is 2.26. The first-order valence-electron chi connectivity index (χ1n) is 3.93. The average molecular weight is 248 g/mol. The molecule has 1 rings (SSSR count). The number of rotatable bonds is 2. The fourth-order valence-corrected chi connectivity index (χ4v) is 1.32. The molecule has 0 radical (unpaired) electrons. The number of nitrogens with zero attached hydrogens (tertiary/aromatic N) is 1. The number of benzene rings is 1. The first-order valence-corrected chi connectivity index (χ1v) is 4.64. The van der Waals surface area contributed by atoms with Crippen molar-refractivity contribution in [2.24, 2.45) is 0 Å². The van der Waals surface area contributed by atoms with Crippen molar-refractivity contribution in [1.29, 1.82) is 0 Å². The zero-order valence-electron chi connectivity index (χ0n) is 7.70. The number of amides is 1. The van der Waals surface area contributed by atoms with E-state index in [0.717, 1.165) is 4.42 Å². The molecule has 0 unspecified atom stereocenters. The molecule has 1 aromatic rings. The van der Waals surface area contributed by atoms with Crippen molar-refractivity contribution in [2.45, 2.75) is 6.92 Å². The third kappa shape index (κ3) is 2.61. The van der Waals surface area contributed by atoms with E-state index in [2.05, 4.69) is 0 Å². The minimum absolute atomic E-state index is 0.0594. The Morgan fingerprint density at radius 1 is 1.40 bits per heavy atom. The predicted molar refractivity (Wildman–Crippen MR) is 57.4 cm³/mol. The fourth-order valence-electron chi connectivity index (χ4n) is 1.02. The average Bonchev–Trinajstić information content (AvgIpc) is 2.15. The Hall–Kier alpha value is -1.26. The maximum Gasteiger partial charge on any atom is 0.337 e. The number of carbonyl (C=O) groups is 2. The molecule has 0 atom stereocenters. The zero-order chi connectivity index (χ0) is 11.6. The van der Waals surface area contributed by atoms with Gasteiger partial charge in [-0.2, -0.15) is 0 Å². The topological polar surface area (TPSA) is 57.6 Å². The summed E-state index contributed by atoms with van der Waals surface area (Å²) in [5, 5.41) is 9.15. The van der Waals surface area contributed by atoms with Crippen molar-refractivity contribution in [2.75, 3.05) is 4.42 Å². The fraction of sp³-hybridized carbons (Fsp3) is 0.111. The van der Waals surface area contributed by atoms with Gasteiger partial charge in [0, 0.05) is 23.7 Å².